The first-order valence-electron chi connectivity index (χ1n) is 9.46. The van der Waals surface area contributed by atoms with Gasteiger partial charge in [-0.2, -0.15) is 0 Å². The van der Waals surface area contributed by atoms with Crippen molar-refractivity contribution in [2.24, 2.45) is 0 Å². The Hall–Kier alpha value is -1.56. The van der Waals surface area contributed by atoms with E-state index in [0.29, 0.717) is 18.5 Å². The minimum absolute atomic E-state index is 0.0430. The lowest BCUT2D eigenvalue weighted by Crippen LogP contribution is -2.45. The highest BCUT2D eigenvalue weighted by Gasteiger charge is 2.39. The molecule has 1 aliphatic heterocycles. The summed E-state index contributed by atoms with van der Waals surface area (Å²) in [6.07, 6.45) is 6.55. The summed E-state index contributed by atoms with van der Waals surface area (Å²) in [4.78, 5) is 12.7. The van der Waals surface area contributed by atoms with E-state index < -0.39 is 0 Å². The van der Waals surface area contributed by atoms with Crippen molar-refractivity contribution in [1.29, 1.82) is 0 Å². The lowest BCUT2D eigenvalue weighted by Gasteiger charge is -2.36. The van der Waals surface area contributed by atoms with Crippen molar-refractivity contribution < 1.29 is 4.74 Å². The molecule has 27 heavy (non-hydrogen) atoms. The third-order valence-corrected chi connectivity index (χ3v) is 7.04. The molecule has 6 heteroatoms. The minimum Gasteiger partial charge on any atom is -0.377 e. The quantitative estimate of drug-likeness (QED) is 0.515. The fourth-order valence-corrected chi connectivity index (χ4v) is 5.58. The summed E-state index contributed by atoms with van der Waals surface area (Å²) in [5, 5.41) is 0.316. The van der Waals surface area contributed by atoms with Crippen molar-refractivity contribution in [3.63, 3.8) is 0 Å². The summed E-state index contributed by atoms with van der Waals surface area (Å²) in [6.45, 7) is 6.04. The molecule has 142 valence electrons. The second-order valence-corrected chi connectivity index (χ2v) is 8.86. The van der Waals surface area contributed by atoms with Crippen LogP contribution in [0.25, 0.3) is 0 Å². The number of ether oxygens (including phenoxy) is 1. The van der Waals surface area contributed by atoms with Crippen molar-refractivity contribution in [2.75, 3.05) is 24.7 Å². The maximum absolute atomic E-state index is 6.39. The Kier molecular flexibility index (Phi) is 5.71. The molecule has 4 nitrogen and oxygen atoms in total. The highest BCUT2D eigenvalue weighted by atomic mass is 35.5. The number of nitrogens with zero attached hydrogens (tertiary/aromatic N) is 3. The fourth-order valence-electron chi connectivity index (χ4n) is 3.96. The van der Waals surface area contributed by atoms with Crippen LogP contribution in [0.3, 0.4) is 0 Å². The number of hydrogen-bond donors (Lipinski definition) is 0. The van der Waals surface area contributed by atoms with Crippen LogP contribution in [0.15, 0.2) is 53.9 Å². The molecule has 2 aromatic rings. The van der Waals surface area contributed by atoms with Crippen molar-refractivity contribution in [1.82, 2.24) is 9.97 Å². The largest absolute Gasteiger partial charge is 0.377 e. The molecule has 1 saturated heterocycles. The molecule has 0 bridgehead atoms. The molecular weight excluding hydrogens is 378 g/mol. The Labute approximate surface area is 170 Å². The smallest absolute Gasteiger partial charge is 0.224 e. The normalized spacial score (nSPS) is 22.0. The second kappa shape index (κ2) is 8.21. The molecule has 0 unspecified atom stereocenters. The zero-order valence-electron chi connectivity index (χ0n) is 15.3. The van der Waals surface area contributed by atoms with Gasteiger partial charge >= 0.3 is 0 Å². The summed E-state index contributed by atoms with van der Waals surface area (Å²) >= 11 is 8.30. The molecule has 0 N–H and O–H groups in total. The predicted octanol–water partition coefficient (Wildman–Crippen LogP) is 5.08. The lowest BCUT2D eigenvalue weighted by molar-refractivity contribution is 0.105. The highest BCUT2D eigenvalue weighted by Crippen LogP contribution is 2.52. The van der Waals surface area contributed by atoms with E-state index in [2.05, 4.69) is 57.8 Å². The molecule has 2 fully saturated rings. The number of thioether (sulfide) groups is 1. The van der Waals surface area contributed by atoms with Gasteiger partial charge in [0, 0.05) is 17.5 Å². The first-order chi connectivity index (χ1) is 13.2. The molecule has 1 saturated carbocycles. The van der Waals surface area contributed by atoms with E-state index in [0.717, 1.165) is 30.9 Å². The first kappa shape index (κ1) is 18.8. The maximum Gasteiger partial charge on any atom is 0.224 e. The number of benzene rings is 1. The number of aromatic nitrogens is 2. The summed E-state index contributed by atoms with van der Waals surface area (Å²) in [7, 11) is 0. The zero-order valence-corrected chi connectivity index (χ0v) is 16.9. The van der Waals surface area contributed by atoms with Gasteiger partial charge in [-0.05, 0) is 36.6 Å². The fraction of sp³-hybridized carbons (Fsp3) is 0.429. The highest BCUT2D eigenvalue weighted by molar-refractivity contribution is 8.00. The van der Waals surface area contributed by atoms with Gasteiger partial charge in [0.25, 0.3) is 0 Å². The Bertz CT molecular complexity index is 795. The summed E-state index contributed by atoms with van der Waals surface area (Å²) < 4.78 is 5.55. The Morgan fingerprint density at radius 3 is 2.74 bits per heavy atom. The van der Waals surface area contributed by atoms with E-state index in [4.69, 9.17) is 16.3 Å². The van der Waals surface area contributed by atoms with Crippen molar-refractivity contribution in [3.05, 3.63) is 60.0 Å². The van der Waals surface area contributed by atoms with Gasteiger partial charge in [0.2, 0.25) is 5.28 Å². The van der Waals surface area contributed by atoms with E-state index in [1.165, 1.54) is 17.7 Å². The van der Waals surface area contributed by atoms with Crippen LogP contribution < -0.4 is 4.90 Å². The Balaban J connectivity index is 1.71. The molecule has 1 atom stereocenters. The molecule has 1 aromatic carbocycles. The molecule has 0 radical (unpaired) electrons. The Morgan fingerprint density at radius 2 is 2.00 bits per heavy atom. The van der Waals surface area contributed by atoms with Crippen LogP contribution >= 0.6 is 23.4 Å². The topological polar surface area (TPSA) is 38.2 Å². The lowest BCUT2D eigenvalue weighted by atomic mass is 10.0. The van der Waals surface area contributed by atoms with Crippen molar-refractivity contribution in [2.45, 2.75) is 41.4 Å². The van der Waals surface area contributed by atoms with Gasteiger partial charge in [-0.3, -0.25) is 0 Å². The third kappa shape index (κ3) is 4.00. The minimum atomic E-state index is -0.0430. The SMILES string of the molecule is C=C[C@H]1COCCN1c1cc(C2(Sc3ccccc3)CCCC2)nc(Cl)n1. The molecule has 0 spiro atoms. The summed E-state index contributed by atoms with van der Waals surface area (Å²) in [5.74, 6) is 0.873. The Morgan fingerprint density at radius 1 is 1.22 bits per heavy atom. The van der Waals surface area contributed by atoms with E-state index in [9.17, 15) is 0 Å². The molecule has 1 aromatic heterocycles. The number of hydrogen-bond acceptors (Lipinski definition) is 5. The van der Waals surface area contributed by atoms with Gasteiger partial charge in [-0.15, -0.1) is 18.3 Å². The molecular formula is C21H24ClN3OS. The van der Waals surface area contributed by atoms with Crippen LogP contribution in [-0.2, 0) is 9.48 Å². The third-order valence-electron chi connectivity index (χ3n) is 5.35. The van der Waals surface area contributed by atoms with Gasteiger partial charge in [0.05, 0.1) is 29.7 Å². The zero-order chi connectivity index (χ0) is 18.7. The molecule has 2 heterocycles. The standard InChI is InChI=1S/C21H24ClN3OS/c1-2-16-15-26-13-12-25(16)19-14-18(23-20(22)24-19)21(10-6-7-11-21)27-17-8-4-3-5-9-17/h2-5,8-9,14,16H,1,6-7,10-13,15H2/t16-/m0/s1. The molecule has 0 amide bonds. The van der Waals surface area contributed by atoms with Crippen molar-refractivity contribution >= 4 is 29.2 Å². The predicted molar refractivity (Wildman–Crippen MR) is 112 cm³/mol. The summed E-state index contributed by atoms with van der Waals surface area (Å²) in [5.41, 5.74) is 1.04. The van der Waals surface area contributed by atoms with Crippen molar-refractivity contribution in [3.8, 4) is 0 Å². The van der Waals surface area contributed by atoms with Crippen LogP contribution in [-0.4, -0.2) is 35.8 Å². The maximum atomic E-state index is 6.39. The number of morpholine rings is 1. The molecule has 2 aliphatic rings. The van der Waals surface area contributed by atoms with Crippen LogP contribution in [0.4, 0.5) is 5.82 Å². The van der Waals surface area contributed by atoms with E-state index in [-0.39, 0.29) is 10.8 Å². The summed E-state index contributed by atoms with van der Waals surface area (Å²) in [6, 6.07) is 12.8. The number of halogens is 1. The van der Waals surface area contributed by atoms with E-state index in [1.54, 1.807) is 0 Å². The molecule has 1 aliphatic carbocycles. The van der Waals surface area contributed by atoms with Crippen LogP contribution in [0.5, 0.6) is 0 Å². The average molecular weight is 402 g/mol. The first-order valence-corrected chi connectivity index (χ1v) is 10.7. The van der Waals surface area contributed by atoms with E-state index >= 15 is 0 Å². The van der Waals surface area contributed by atoms with Crippen LogP contribution in [0.2, 0.25) is 5.28 Å². The van der Waals surface area contributed by atoms with E-state index in [1.807, 2.05) is 17.8 Å². The molecule has 4 rings (SSSR count). The van der Waals surface area contributed by atoms with Gasteiger partial charge in [-0.1, -0.05) is 37.1 Å². The second-order valence-electron chi connectivity index (χ2n) is 7.07. The number of anilines is 1. The average Bonchev–Trinajstić information content (AvgIpc) is 3.18. The van der Waals surface area contributed by atoms with Gasteiger partial charge < -0.3 is 9.64 Å². The number of rotatable bonds is 5. The van der Waals surface area contributed by atoms with Crippen LogP contribution in [0, 0.1) is 0 Å². The van der Waals surface area contributed by atoms with Gasteiger partial charge in [0.1, 0.15) is 5.82 Å². The van der Waals surface area contributed by atoms with Crippen LogP contribution in [0.1, 0.15) is 31.4 Å². The monoisotopic (exact) mass is 401 g/mol. The van der Waals surface area contributed by atoms with Gasteiger partial charge in [-0.25, -0.2) is 9.97 Å². The van der Waals surface area contributed by atoms with Gasteiger partial charge in [0.15, 0.2) is 0 Å².